The molecule has 5 rings (SSSR count). The molecule has 5 aromatic rings. The van der Waals surface area contributed by atoms with Crippen molar-refractivity contribution in [3.8, 4) is 0 Å². The maximum absolute atomic E-state index is 13.1. The third-order valence-corrected chi connectivity index (χ3v) is 6.92. The molecule has 0 aliphatic heterocycles. The molecule has 3 heterocycles. The number of para-hydroxylation sites is 1. The summed E-state index contributed by atoms with van der Waals surface area (Å²) in [5.41, 5.74) is 5.70. The Balaban J connectivity index is 1.88. The molecular formula is C28H23N3O3S. The summed E-state index contributed by atoms with van der Waals surface area (Å²) in [6.45, 7) is 5.03. The molecule has 0 aliphatic carbocycles. The second kappa shape index (κ2) is 8.92. The molecule has 0 aliphatic rings. The molecule has 0 spiro atoms. The van der Waals surface area contributed by atoms with E-state index in [0.717, 1.165) is 32.0 Å². The molecule has 3 aromatic heterocycles. The van der Waals surface area contributed by atoms with E-state index in [9.17, 15) is 14.4 Å². The van der Waals surface area contributed by atoms with E-state index in [-0.39, 0.29) is 23.7 Å². The SMILES string of the molecule is C/C=C\C=C(/C(C)=O)c1c(C(C)=O)n(Cc2cc3ccccc3[nH]c2=O)c2ccc3scnc3c12. The molecule has 2 aromatic carbocycles. The Hall–Kier alpha value is -4.10. The zero-order valence-corrected chi connectivity index (χ0v) is 20.4. The Labute approximate surface area is 205 Å². The van der Waals surface area contributed by atoms with E-state index in [1.165, 1.54) is 25.2 Å². The summed E-state index contributed by atoms with van der Waals surface area (Å²) in [4.78, 5) is 46.4. The molecule has 35 heavy (non-hydrogen) atoms. The van der Waals surface area contributed by atoms with Crippen LogP contribution < -0.4 is 5.56 Å². The van der Waals surface area contributed by atoms with Crippen molar-refractivity contribution < 1.29 is 9.59 Å². The number of allylic oxidation sites excluding steroid dienone is 4. The van der Waals surface area contributed by atoms with Gasteiger partial charge in [0, 0.05) is 34.5 Å². The lowest BCUT2D eigenvalue weighted by molar-refractivity contribution is -0.111. The fourth-order valence-corrected chi connectivity index (χ4v) is 5.29. The zero-order valence-electron chi connectivity index (χ0n) is 19.6. The number of carbonyl (C=O) groups excluding carboxylic acids is 2. The molecule has 1 N–H and O–H groups in total. The first-order valence-corrected chi connectivity index (χ1v) is 12.1. The molecule has 0 fully saturated rings. The number of benzene rings is 2. The number of fused-ring (bicyclic) bond motifs is 4. The van der Waals surface area contributed by atoms with Crippen LogP contribution in [0, 0.1) is 0 Å². The number of thiazole rings is 1. The monoisotopic (exact) mass is 481 g/mol. The number of aromatic nitrogens is 3. The van der Waals surface area contributed by atoms with Gasteiger partial charge in [0.1, 0.15) is 0 Å². The van der Waals surface area contributed by atoms with Crippen LogP contribution in [0.4, 0.5) is 0 Å². The molecule has 0 saturated carbocycles. The highest BCUT2D eigenvalue weighted by atomic mass is 32.1. The number of hydrogen-bond acceptors (Lipinski definition) is 5. The van der Waals surface area contributed by atoms with E-state index in [2.05, 4.69) is 9.97 Å². The Kier molecular flexibility index (Phi) is 5.78. The normalized spacial score (nSPS) is 12.4. The number of Topliss-reactive ketones (excluding diaryl/α,β-unsaturated/α-hetero) is 2. The Morgan fingerprint density at radius 2 is 1.94 bits per heavy atom. The molecule has 174 valence electrons. The minimum absolute atomic E-state index is 0.152. The summed E-state index contributed by atoms with van der Waals surface area (Å²) in [6.07, 6.45) is 5.36. The van der Waals surface area contributed by atoms with Crippen LogP contribution in [-0.4, -0.2) is 26.1 Å². The van der Waals surface area contributed by atoms with Crippen molar-refractivity contribution in [2.75, 3.05) is 0 Å². The second-order valence-corrected chi connectivity index (χ2v) is 9.28. The van der Waals surface area contributed by atoms with Crippen molar-refractivity contribution in [3.05, 3.63) is 93.4 Å². The lowest BCUT2D eigenvalue weighted by Crippen LogP contribution is -2.18. The van der Waals surface area contributed by atoms with Crippen LogP contribution in [-0.2, 0) is 11.3 Å². The van der Waals surface area contributed by atoms with Crippen molar-refractivity contribution in [1.82, 2.24) is 14.5 Å². The second-order valence-electron chi connectivity index (χ2n) is 8.40. The maximum Gasteiger partial charge on any atom is 0.253 e. The van der Waals surface area contributed by atoms with Crippen LogP contribution in [0.3, 0.4) is 0 Å². The van der Waals surface area contributed by atoms with Gasteiger partial charge < -0.3 is 9.55 Å². The molecular weight excluding hydrogens is 458 g/mol. The lowest BCUT2D eigenvalue weighted by atomic mass is 9.96. The topological polar surface area (TPSA) is 84.8 Å². The number of nitrogens with zero attached hydrogens (tertiary/aromatic N) is 2. The summed E-state index contributed by atoms with van der Waals surface area (Å²) in [6, 6.07) is 13.3. The Bertz CT molecular complexity index is 1770. The molecule has 0 bridgehead atoms. The van der Waals surface area contributed by atoms with Crippen molar-refractivity contribution >= 4 is 60.5 Å². The number of H-pyrrole nitrogens is 1. The highest BCUT2D eigenvalue weighted by molar-refractivity contribution is 7.16. The predicted molar refractivity (Wildman–Crippen MR) is 142 cm³/mol. The number of aromatic amines is 1. The van der Waals surface area contributed by atoms with Gasteiger partial charge in [-0.25, -0.2) is 4.98 Å². The van der Waals surface area contributed by atoms with E-state index >= 15 is 0 Å². The van der Waals surface area contributed by atoms with E-state index in [0.29, 0.717) is 22.4 Å². The molecule has 0 saturated heterocycles. The molecule has 7 heteroatoms. The van der Waals surface area contributed by atoms with Gasteiger partial charge in [0.05, 0.1) is 33.5 Å². The van der Waals surface area contributed by atoms with Crippen molar-refractivity contribution in [3.63, 3.8) is 0 Å². The number of hydrogen-bond donors (Lipinski definition) is 1. The lowest BCUT2D eigenvalue weighted by Gasteiger charge is -2.11. The summed E-state index contributed by atoms with van der Waals surface area (Å²) in [5.74, 6) is -0.343. The van der Waals surface area contributed by atoms with Gasteiger partial charge in [-0.2, -0.15) is 0 Å². The van der Waals surface area contributed by atoms with Crippen LogP contribution in [0.25, 0.3) is 37.6 Å². The smallest absolute Gasteiger partial charge is 0.253 e. The number of nitrogens with one attached hydrogen (secondary N) is 1. The summed E-state index contributed by atoms with van der Waals surface area (Å²) in [5, 5.41) is 1.65. The Morgan fingerprint density at radius 1 is 1.14 bits per heavy atom. The quantitative estimate of drug-likeness (QED) is 0.186. The third kappa shape index (κ3) is 3.84. The van der Waals surface area contributed by atoms with Crippen molar-refractivity contribution in [2.45, 2.75) is 27.3 Å². The average Bonchev–Trinajstić information content (AvgIpc) is 3.42. The third-order valence-electron chi connectivity index (χ3n) is 6.12. The van der Waals surface area contributed by atoms with Crippen LogP contribution in [0.1, 0.15) is 42.4 Å². The fourth-order valence-electron chi connectivity index (χ4n) is 4.61. The van der Waals surface area contributed by atoms with Gasteiger partial charge in [-0.05, 0) is 43.5 Å². The van der Waals surface area contributed by atoms with Crippen LogP contribution in [0.2, 0.25) is 0 Å². The highest BCUT2D eigenvalue weighted by Gasteiger charge is 2.27. The first-order chi connectivity index (χ1) is 16.9. The largest absolute Gasteiger partial charge is 0.333 e. The first kappa shape index (κ1) is 22.7. The summed E-state index contributed by atoms with van der Waals surface area (Å²) in [7, 11) is 0. The molecule has 0 unspecified atom stereocenters. The summed E-state index contributed by atoms with van der Waals surface area (Å²) >= 11 is 1.50. The van der Waals surface area contributed by atoms with E-state index in [1.807, 2.05) is 60.0 Å². The van der Waals surface area contributed by atoms with Gasteiger partial charge in [0.25, 0.3) is 5.56 Å². The van der Waals surface area contributed by atoms with Gasteiger partial charge in [-0.3, -0.25) is 14.4 Å². The number of carbonyl (C=O) groups is 2. The number of pyridine rings is 1. The van der Waals surface area contributed by atoms with Crippen LogP contribution >= 0.6 is 11.3 Å². The van der Waals surface area contributed by atoms with E-state index in [1.54, 1.807) is 17.7 Å². The van der Waals surface area contributed by atoms with Gasteiger partial charge >= 0.3 is 0 Å². The molecule has 0 radical (unpaired) electrons. The van der Waals surface area contributed by atoms with Gasteiger partial charge in [0.2, 0.25) is 0 Å². The molecule has 0 amide bonds. The number of ketones is 2. The predicted octanol–water partition coefficient (Wildman–Crippen LogP) is 5.89. The van der Waals surface area contributed by atoms with E-state index < -0.39 is 0 Å². The first-order valence-electron chi connectivity index (χ1n) is 11.2. The highest BCUT2D eigenvalue weighted by Crippen LogP contribution is 2.38. The van der Waals surface area contributed by atoms with Crippen LogP contribution in [0.5, 0.6) is 0 Å². The minimum atomic E-state index is -0.215. The maximum atomic E-state index is 13.1. The van der Waals surface area contributed by atoms with E-state index in [4.69, 9.17) is 0 Å². The van der Waals surface area contributed by atoms with Crippen molar-refractivity contribution in [1.29, 1.82) is 0 Å². The van der Waals surface area contributed by atoms with Crippen LogP contribution in [0.15, 0.2) is 71.0 Å². The fraction of sp³-hybridized carbons (Fsp3) is 0.143. The van der Waals surface area contributed by atoms with Gasteiger partial charge in [-0.15, -0.1) is 11.3 Å². The summed E-state index contributed by atoms with van der Waals surface area (Å²) < 4.78 is 2.81. The minimum Gasteiger partial charge on any atom is -0.333 e. The standard InChI is InChI=1S/C28H23N3O3S/c1-4-5-9-20(16(2)32)24-25-22(11-12-23-26(25)29-15-35-23)31(27(24)17(3)33)14-19-13-18-8-6-7-10-21(18)30-28(19)34/h4-13,15H,14H2,1-3H3,(H,30,34)/b5-4-,20-9+. The molecule has 6 nitrogen and oxygen atoms in total. The zero-order chi connectivity index (χ0) is 24.7. The van der Waals surface area contributed by atoms with Gasteiger partial charge in [0.15, 0.2) is 11.6 Å². The van der Waals surface area contributed by atoms with Gasteiger partial charge in [-0.1, -0.05) is 36.4 Å². The average molecular weight is 482 g/mol. The molecule has 0 atom stereocenters. The Morgan fingerprint density at radius 3 is 2.69 bits per heavy atom. The van der Waals surface area contributed by atoms with Crippen molar-refractivity contribution in [2.24, 2.45) is 0 Å². The number of rotatable bonds is 6.